The van der Waals surface area contributed by atoms with Crippen LogP contribution in [-0.4, -0.2) is 17.0 Å². The van der Waals surface area contributed by atoms with Crippen molar-refractivity contribution in [3.63, 3.8) is 0 Å². The quantitative estimate of drug-likeness (QED) is 0.914. The van der Waals surface area contributed by atoms with Gasteiger partial charge in [0.15, 0.2) is 0 Å². The molecule has 0 fully saturated rings. The van der Waals surface area contributed by atoms with Crippen molar-refractivity contribution in [3.8, 4) is 0 Å². The molecule has 1 amide bonds. The first-order valence-corrected chi connectivity index (χ1v) is 5.68. The molecule has 2 rings (SSSR count). The molecule has 108 valence electrons. The predicted molar refractivity (Wildman–Crippen MR) is 67.7 cm³/mol. The summed E-state index contributed by atoms with van der Waals surface area (Å²) in [4.78, 5) is 22.4. The summed E-state index contributed by atoms with van der Waals surface area (Å²) in [6, 6.07) is 5.61. The Labute approximate surface area is 116 Å². The number of amides is 1. The summed E-state index contributed by atoms with van der Waals surface area (Å²) in [5.74, 6) is -5.72. The van der Waals surface area contributed by atoms with Crippen LogP contribution in [0.3, 0.4) is 0 Å². The zero-order chi connectivity index (χ0) is 15.6. The molecule has 21 heavy (non-hydrogen) atoms. The fourth-order valence-electron chi connectivity index (χ4n) is 1.65. The minimum atomic E-state index is -1.34. The Hall–Kier alpha value is -2.83. The third-order valence-corrected chi connectivity index (χ3v) is 2.65. The fraction of sp³-hybridized carbons (Fsp3) is 0. The van der Waals surface area contributed by atoms with Gasteiger partial charge in [-0.2, -0.15) is 0 Å². The Balaban J connectivity index is 2.30. The molecule has 7 heteroatoms. The molecular formula is C14H8F3NO3. The van der Waals surface area contributed by atoms with Crippen molar-refractivity contribution in [3.05, 3.63) is 65.0 Å². The Bertz CT molecular complexity index is 711. The number of anilines is 1. The van der Waals surface area contributed by atoms with E-state index in [-0.39, 0.29) is 11.3 Å². The molecule has 0 radical (unpaired) electrons. The second kappa shape index (κ2) is 5.66. The standard InChI is InChI=1S/C14H8F3NO3/c15-8-2-1-3-9(16)12(8)13(19)18-11-5-4-7(14(20)21)6-10(11)17/h1-6H,(H,18,19)(H,20,21). The zero-order valence-corrected chi connectivity index (χ0v) is 10.4. The maximum absolute atomic E-state index is 13.6. The number of carboxylic acid groups (broad SMARTS) is 1. The fourth-order valence-corrected chi connectivity index (χ4v) is 1.65. The maximum atomic E-state index is 13.6. The Morgan fingerprint density at radius 1 is 0.952 bits per heavy atom. The topological polar surface area (TPSA) is 66.4 Å². The molecular weight excluding hydrogens is 287 g/mol. The van der Waals surface area contributed by atoms with Gasteiger partial charge in [0.05, 0.1) is 11.3 Å². The minimum Gasteiger partial charge on any atom is -0.478 e. The highest BCUT2D eigenvalue weighted by molar-refractivity contribution is 6.04. The van der Waals surface area contributed by atoms with Crippen LogP contribution in [0.4, 0.5) is 18.9 Å². The van der Waals surface area contributed by atoms with Gasteiger partial charge in [-0.25, -0.2) is 18.0 Å². The molecule has 4 nitrogen and oxygen atoms in total. The predicted octanol–water partition coefficient (Wildman–Crippen LogP) is 3.05. The Morgan fingerprint density at radius 2 is 1.57 bits per heavy atom. The van der Waals surface area contributed by atoms with Crippen molar-refractivity contribution in [2.24, 2.45) is 0 Å². The number of nitrogens with one attached hydrogen (secondary N) is 1. The average Bonchev–Trinajstić information content (AvgIpc) is 2.40. The van der Waals surface area contributed by atoms with Crippen molar-refractivity contribution in [2.75, 3.05) is 5.32 Å². The summed E-state index contributed by atoms with van der Waals surface area (Å²) in [5, 5.41) is 10.7. The van der Waals surface area contributed by atoms with Crippen molar-refractivity contribution in [2.45, 2.75) is 0 Å². The molecule has 0 aromatic heterocycles. The first-order valence-electron chi connectivity index (χ1n) is 5.68. The van der Waals surface area contributed by atoms with Crippen LogP contribution < -0.4 is 5.32 Å². The zero-order valence-electron chi connectivity index (χ0n) is 10.4. The SMILES string of the molecule is O=C(O)c1ccc(NC(=O)c2c(F)cccc2F)c(F)c1. The lowest BCUT2D eigenvalue weighted by molar-refractivity contribution is 0.0696. The molecule has 0 saturated heterocycles. The van der Waals surface area contributed by atoms with Gasteiger partial charge in [0.25, 0.3) is 5.91 Å². The number of carboxylic acids is 1. The van der Waals surface area contributed by atoms with E-state index in [1.807, 2.05) is 5.32 Å². The van der Waals surface area contributed by atoms with E-state index in [9.17, 15) is 22.8 Å². The van der Waals surface area contributed by atoms with Gasteiger partial charge in [-0.05, 0) is 30.3 Å². The summed E-state index contributed by atoms with van der Waals surface area (Å²) >= 11 is 0. The normalized spacial score (nSPS) is 10.2. The highest BCUT2D eigenvalue weighted by atomic mass is 19.1. The highest BCUT2D eigenvalue weighted by Crippen LogP contribution is 2.19. The second-order valence-corrected chi connectivity index (χ2v) is 4.05. The molecule has 0 unspecified atom stereocenters. The van der Waals surface area contributed by atoms with Crippen molar-refractivity contribution >= 4 is 17.6 Å². The molecule has 2 aromatic rings. The average molecular weight is 295 g/mol. The Morgan fingerprint density at radius 3 is 2.10 bits per heavy atom. The molecule has 2 aromatic carbocycles. The van der Waals surface area contributed by atoms with Crippen LogP contribution in [0.25, 0.3) is 0 Å². The van der Waals surface area contributed by atoms with Crippen molar-refractivity contribution in [1.82, 2.24) is 0 Å². The number of hydrogen-bond donors (Lipinski definition) is 2. The third-order valence-electron chi connectivity index (χ3n) is 2.65. The van der Waals surface area contributed by atoms with Crippen molar-refractivity contribution < 1.29 is 27.9 Å². The molecule has 0 aliphatic carbocycles. The monoisotopic (exact) mass is 295 g/mol. The molecule has 0 saturated carbocycles. The van der Waals surface area contributed by atoms with Crippen LogP contribution in [0.2, 0.25) is 0 Å². The van der Waals surface area contributed by atoms with Crippen LogP contribution in [0.5, 0.6) is 0 Å². The van der Waals surface area contributed by atoms with Gasteiger partial charge in [-0.15, -0.1) is 0 Å². The first-order chi connectivity index (χ1) is 9.90. The number of aromatic carboxylic acids is 1. The van der Waals surface area contributed by atoms with E-state index in [1.54, 1.807) is 0 Å². The molecule has 2 N–H and O–H groups in total. The van der Waals surface area contributed by atoms with E-state index in [2.05, 4.69) is 0 Å². The molecule has 0 aliphatic rings. The van der Waals surface area contributed by atoms with E-state index in [0.29, 0.717) is 6.07 Å². The smallest absolute Gasteiger partial charge is 0.335 e. The molecule has 0 spiro atoms. The van der Waals surface area contributed by atoms with Gasteiger partial charge in [0.2, 0.25) is 0 Å². The summed E-state index contributed by atoms with van der Waals surface area (Å²) < 4.78 is 40.4. The first kappa shape index (κ1) is 14.6. The molecule has 0 atom stereocenters. The number of carbonyl (C=O) groups is 2. The van der Waals surface area contributed by atoms with Gasteiger partial charge >= 0.3 is 5.97 Å². The van der Waals surface area contributed by atoms with Gasteiger partial charge in [0, 0.05) is 0 Å². The number of carbonyl (C=O) groups excluding carboxylic acids is 1. The van der Waals surface area contributed by atoms with E-state index >= 15 is 0 Å². The van der Waals surface area contributed by atoms with Gasteiger partial charge in [-0.1, -0.05) is 6.07 Å². The summed E-state index contributed by atoms with van der Waals surface area (Å²) in [6.45, 7) is 0. The lowest BCUT2D eigenvalue weighted by Gasteiger charge is -2.08. The van der Waals surface area contributed by atoms with Crippen LogP contribution in [-0.2, 0) is 0 Å². The number of hydrogen-bond acceptors (Lipinski definition) is 2. The molecule has 0 bridgehead atoms. The number of rotatable bonds is 3. The Kier molecular flexibility index (Phi) is 3.93. The summed E-state index contributed by atoms with van der Waals surface area (Å²) in [7, 11) is 0. The third kappa shape index (κ3) is 3.02. The lowest BCUT2D eigenvalue weighted by atomic mass is 10.1. The van der Waals surface area contributed by atoms with Crippen molar-refractivity contribution in [1.29, 1.82) is 0 Å². The van der Waals surface area contributed by atoms with Crippen LogP contribution in [0.1, 0.15) is 20.7 Å². The van der Waals surface area contributed by atoms with Gasteiger partial charge in [-0.3, -0.25) is 4.79 Å². The van der Waals surface area contributed by atoms with E-state index in [1.165, 1.54) is 0 Å². The van der Waals surface area contributed by atoms with Crippen LogP contribution in [0, 0.1) is 17.5 Å². The van der Waals surface area contributed by atoms with Crippen LogP contribution in [0.15, 0.2) is 36.4 Å². The van der Waals surface area contributed by atoms with Gasteiger partial charge in [0.1, 0.15) is 23.0 Å². The number of halogens is 3. The highest BCUT2D eigenvalue weighted by Gasteiger charge is 2.18. The second-order valence-electron chi connectivity index (χ2n) is 4.05. The maximum Gasteiger partial charge on any atom is 0.335 e. The largest absolute Gasteiger partial charge is 0.478 e. The molecule has 0 aliphatic heterocycles. The van der Waals surface area contributed by atoms with E-state index < -0.39 is 34.9 Å². The van der Waals surface area contributed by atoms with Gasteiger partial charge < -0.3 is 10.4 Å². The molecule has 0 heterocycles. The van der Waals surface area contributed by atoms with E-state index in [0.717, 1.165) is 30.3 Å². The minimum absolute atomic E-state index is 0.317. The lowest BCUT2D eigenvalue weighted by Crippen LogP contribution is -2.17. The van der Waals surface area contributed by atoms with Crippen LogP contribution >= 0.6 is 0 Å². The van der Waals surface area contributed by atoms with E-state index in [4.69, 9.17) is 5.11 Å². The summed E-state index contributed by atoms with van der Waals surface area (Å²) in [5.41, 5.74) is -1.55. The number of benzene rings is 2. The summed E-state index contributed by atoms with van der Waals surface area (Å²) in [6.07, 6.45) is 0.